The number of nitrogens with two attached hydrogens (primary N) is 1. The maximum atomic E-state index is 11.4. The number of likely N-dealkylation sites (N-methyl/N-ethyl adjacent to an activating group) is 1. The standard InChI is InChI=1S/C7H19N3O3S.ClH/c1-10(6-7-13-2)14(11,12)9-5-3-4-8;/h9H,3-8H2,1-2H3;1H. The van der Waals surface area contributed by atoms with E-state index in [1.165, 1.54) is 18.5 Å². The Morgan fingerprint density at radius 3 is 2.53 bits per heavy atom. The minimum Gasteiger partial charge on any atom is -0.383 e. The number of nitrogens with zero attached hydrogens (tertiary/aromatic N) is 1. The third-order valence-corrected chi connectivity index (χ3v) is 3.26. The average Bonchev–Trinajstić information content (AvgIpc) is 2.14. The molecule has 0 aromatic rings. The van der Waals surface area contributed by atoms with Gasteiger partial charge < -0.3 is 10.5 Å². The molecule has 8 heteroatoms. The Bertz CT molecular complexity index is 236. The second kappa shape index (κ2) is 9.32. The van der Waals surface area contributed by atoms with Crippen LogP contribution in [-0.4, -0.2) is 53.1 Å². The maximum absolute atomic E-state index is 11.4. The van der Waals surface area contributed by atoms with Crippen molar-refractivity contribution in [3.8, 4) is 0 Å². The van der Waals surface area contributed by atoms with Crippen LogP contribution >= 0.6 is 12.4 Å². The van der Waals surface area contributed by atoms with Crippen molar-refractivity contribution in [3.63, 3.8) is 0 Å². The lowest BCUT2D eigenvalue weighted by atomic mass is 10.4. The third-order valence-electron chi connectivity index (χ3n) is 1.69. The molecule has 0 heterocycles. The molecule has 0 aliphatic heterocycles. The van der Waals surface area contributed by atoms with Crippen molar-refractivity contribution < 1.29 is 13.2 Å². The smallest absolute Gasteiger partial charge is 0.279 e. The Labute approximate surface area is 97.7 Å². The van der Waals surface area contributed by atoms with E-state index >= 15 is 0 Å². The van der Waals surface area contributed by atoms with Crippen LogP contribution in [0.2, 0.25) is 0 Å². The summed E-state index contributed by atoms with van der Waals surface area (Å²) in [4.78, 5) is 0. The zero-order chi connectivity index (χ0) is 11.0. The van der Waals surface area contributed by atoms with E-state index in [9.17, 15) is 8.42 Å². The van der Waals surface area contributed by atoms with Crippen LogP contribution in [0.3, 0.4) is 0 Å². The van der Waals surface area contributed by atoms with Crippen LogP contribution in [0.25, 0.3) is 0 Å². The fraction of sp³-hybridized carbons (Fsp3) is 1.00. The minimum atomic E-state index is -3.36. The first-order valence-corrected chi connectivity index (χ1v) is 5.88. The van der Waals surface area contributed by atoms with Crippen LogP contribution in [0.5, 0.6) is 0 Å². The monoisotopic (exact) mass is 261 g/mol. The molecule has 0 amide bonds. The van der Waals surface area contributed by atoms with Gasteiger partial charge in [0.1, 0.15) is 0 Å². The van der Waals surface area contributed by atoms with E-state index < -0.39 is 10.2 Å². The molecule has 0 aromatic heterocycles. The molecule has 3 N–H and O–H groups in total. The average molecular weight is 262 g/mol. The highest BCUT2D eigenvalue weighted by molar-refractivity contribution is 7.87. The van der Waals surface area contributed by atoms with Gasteiger partial charge in [0.05, 0.1) is 6.61 Å². The van der Waals surface area contributed by atoms with Crippen molar-refractivity contribution in [2.75, 3.05) is 40.4 Å². The molecular formula is C7H20ClN3O3S. The van der Waals surface area contributed by atoms with E-state index in [0.29, 0.717) is 32.7 Å². The Morgan fingerprint density at radius 2 is 2.07 bits per heavy atom. The highest BCUT2D eigenvalue weighted by atomic mass is 35.5. The molecule has 0 fully saturated rings. The van der Waals surface area contributed by atoms with Gasteiger partial charge in [-0.2, -0.15) is 12.7 Å². The molecule has 94 valence electrons. The zero-order valence-corrected chi connectivity index (χ0v) is 10.7. The Balaban J connectivity index is 0. The van der Waals surface area contributed by atoms with Gasteiger partial charge in [-0.25, -0.2) is 4.72 Å². The van der Waals surface area contributed by atoms with Gasteiger partial charge in [0.2, 0.25) is 0 Å². The lowest BCUT2D eigenvalue weighted by molar-refractivity contribution is 0.184. The molecule has 15 heavy (non-hydrogen) atoms. The second-order valence-corrected chi connectivity index (χ2v) is 4.72. The molecule has 0 aliphatic rings. The molecular weight excluding hydrogens is 242 g/mol. The molecule has 0 saturated heterocycles. The van der Waals surface area contributed by atoms with Gasteiger partial charge in [-0.3, -0.25) is 0 Å². The highest BCUT2D eigenvalue weighted by Crippen LogP contribution is 1.92. The predicted octanol–water partition coefficient (Wildman–Crippen LogP) is -0.830. The lowest BCUT2D eigenvalue weighted by Gasteiger charge is -2.16. The van der Waals surface area contributed by atoms with Crippen LogP contribution in [-0.2, 0) is 14.9 Å². The van der Waals surface area contributed by atoms with E-state index in [0.717, 1.165) is 0 Å². The topological polar surface area (TPSA) is 84.7 Å². The number of halogens is 1. The molecule has 0 radical (unpaired) electrons. The molecule has 0 spiro atoms. The largest absolute Gasteiger partial charge is 0.383 e. The normalized spacial score (nSPS) is 11.5. The summed E-state index contributed by atoms with van der Waals surface area (Å²) in [5.41, 5.74) is 5.25. The van der Waals surface area contributed by atoms with Gasteiger partial charge in [-0.15, -0.1) is 12.4 Å². The van der Waals surface area contributed by atoms with Crippen molar-refractivity contribution in [2.45, 2.75) is 6.42 Å². The van der Waals surface area contributed by atoms with Gasteiger partial charge >= 0.3 is 0 Å². The number of rotatable bonds is 8. The van der Waals surface area contributed by atoms with Crippen molar-refractivity contribution >= 4 is 22.6 Å². The molecule has 0 saturated carbocycles. The zero-order valence-electron chi connectivity index (χ0n) is 9.10. The highest BCUT2D eigenvalue weighted by Gasteiger charge is 2.15. The summed E-state index contributed by atoms with van der Waals surface area (Å²) in [6, 6.07) is 0. The van der Waals surface area contributed by atoms with E-state index in [1.54, 1.807) is 0 Å². The first-order valence-electron chi connectivity index (χ1n) is 4.44. The third kappa shape index (κ3) is 7.95. The van der Waals surface area contributed by atoms with Crippen LogP contribution in [0.1, 0.15) is 6.42 Å². The van der Waals surface area contributed by atoms with Gasteiger partial charge in [0, 0.05) is 27.2 Å². The molecule has 0 aromatic carbocycles. The number of hydrogen-bond donors (Lipinski definition) is 2. The Hall–Kier alpha value is 0.0800. The Morgan fingerprint density at radius 1 is 1.47 bits per heavy atom. The molecule has 6 nitrogen and oxygen atoms in total. The van der Waals surface area contributed by atoms with Crippen LogP contribution in [0, 0.1) is 0 Å². The molecule has 0 rings (SSSR count). The van der Waals surface area contributed by atoms with Crippen LogP contribution in [0.4, 0.5) is 0 Å². The molecule has 0 unspecified atom stereocenters. The van der Waals surface area contributed by atoms with Crippen molar-refractivity contribution in [2.24, 2.45) is 5.73 Å². The van der Waals surface area contributed by atoms with E-state index in [4.69, 9.17) is 10.5 Å². The number of methoxy groups -OCH3 is 1. The van der Waals surface area contributed by atoms with Gasteiger partial charge in [0.15, 0.2) is 0 Å². The molecule has 0 aliphatic carbocycles. The summed E-state index contributed by atoms with van der Waals surface area (Å²) in [5.74, 6) is 0. The SMILES string of the molecule is COCCN(C)S(=O)(=O)NCCCN.Cl. The van der Waals surface area contributed by atoms with E-state index in [-0.39, 0.29) is 12.4 Å². The molecule has 0 atom stereocenters. The van der Waals surface area contributed by atoms with Crippen molar-refractivity contribution in [3.05, 3.63) is 0 Å². The van der Waals surface area contributed by atoms with Gasteiger partial charge in [-0.05, 0) is 13.0 Å². The first-order chi connectivity index (χ1) is 6.54. The predicted molar refractivity (Wildman–Crippen MR) is 62.3 cm³/mol. The second-order valence-electron chi connectivity index (χ2n) is 2.86. The van der Waals surface area contributed by atoms with E-state index in [1.807, 2.05) is 0 Å². The quantitative estimate of drug-likeness (QED) is 0.559. The summed E-state index contributed by atoms with van der Waals surface area (Å²) in [6.07, 6.45) is 0.636. The van der Waals surface area contributed by atoms with Crippen molar-refractivity contribution in [1.29, 1.82) is 0 Å². The van der Waals surface area contributed by atoms with Crippen molar-refractivity contribution in [1.82, 2.24) is 9.03 Å². The van der Waals surface area contributed by atoms with Gasteiger partial charge in [-0.1, -0.05) is 0 Å². The summed E-state index contributed by atoms with van der Waals surface area (Å²) < 4.78 is 31.3. The minimum absolute atomic E-state index is 0. The fourth-order valence-corrected chi connectivity index (χ4v) is 1.69. The molecule has 0 bridgehead atoms. The number of ether oxygens (including phenoxy) is 1. The number of hydrogen-bond acceptors (Lipinski definition) is 4. The van der Waals surface area contributed by atoms with Crippen LogP contribution in [0.15, 0.2) is 0 Å². The fourth-order valence-electron chi connectivity index (χ4n) is 0.753. The number of nitrogens with one attached hydrogen (secondary N) is 1. The lowest BCUT2D eigenvalue weighted by Crippen LogP contribution is -2.40. The van der Waals surface area contributed by atoms with E-state index in [2.05, 4.69) is 4.72 Å². The van der Waals surface area contributed by atoms with Crippen LogP contribution < -0.4 is 10.5 Å². The Kier molecular flexibility index (Phi) is 10.9. The summed E-state index contributed by atoms with van der Waals surface area (Å²) >= 11 is 0. The first kappa shape index (κ1) is 17.5. The van der Waals surface area contributed by atoms with Gasteiger partial charge in [0.25, 0.3) is 10.2 Å². The summed E-state index contributed by atoms with van der Waals surface area (Å²) in [6.45, 7) is 1.57. The summed E-state index contributed by atoms with van der Waals surface area (Å²) in [7, 11) is -0.323. The maximum Gasteiger partial charge on any atom is 0.279 e. The summed E-state index contributed by atoms with van der Waals surface area (Å²) in [5, 5.41) is 0.